The Morgan fingerprint density at radius 1 is 1.50 bits per heavy atom. The molecule has 1 rings (SSSR count). The number of piperidine rings is 1. The molecule has 1 unspecified atom stereocenters. The SMILES string of the molecule is CSCC(CCO)NC(=O)CN1CCC(C)CC1. The van der Waals surface area contributed by atoms with Gasteiger partial charge in [-0.05, 0) is 44.5 Å². The summed E-state index contributed by atoms with van der Waals surface area (Å²) < 4.78 is 0. The summed E-state index contributed by atoms with van der Waals surface area (Å²) in [7, 11) is 0. The molecule has 0 aromatic heterocycles. The Morgan fingerprint density at radius 3 is 2.72 bits per heavy atom. The molecule has 1 amide bonds. The molecule has 0 aromatic carbocycles. The summed E-state index contributed by atoms with van der Waals surface area (Å²) in [5.74, 6) is 1.75. The number of thioether (sulfide) groups is 1. The van der Waals surface area contributed by atoms with Crippen LogP contribution in [0.4, 0.5) is 0 Å². The van der Waals surface area contributed by atoms with Crippen LogP contribution in [0.3, 0.4) is 0 Å². The van der Waals surface area contributed by atoms with Crippen LogP contribution in [0.5, 0.6) is 0 Å². The van der Waals surface area contributed by atoms with Gasteiger partial charge in [-0.15, -0.1) is 0 Å². The second-order valence-corrected chi connectivity index (χ2v) is 6.10. The molecule has 2 N–H and O–H groups in total. The molecular formula is C13H26N2O2S. The number of aliphatic hydroxyl groups excluding tert-OH is 1. The van der Waals surface area contributed by atoms with E-state index in [1.807, 2.05) is 6.26 Å². The molecule has 0 radical (unpaired) electrons. The lowest BCUT2D eigenvalue weighted by Gasteiger charge is -2.30. The van der Waals surface area contributed by atoms with E-state index in [1.54, 1.807) is 11.8 Å². The van der Waals surface area contributed by atoms with Crippen LogP contribution in [-0.2, 0) is 4.79 Å². The van der Waals surface area contributed by atoms with E-state index in [1.165, 1.54) is 12.8 Å². The molecule has 0 spiro atoms. The summed E-state index contributed by atoms with van der Waals surface area (Å²) in [6, 6.07) is 0.0983. The van der Waals surface area contributed by atoms with Crippen LogP contribution in [-0.4, -0.2) is 60.2 Å². The predicted molar refractivity (Wildman–Crippen MR) is 76.9 cm³/mol. The molecule has 0 aliphatic carbocycles. The normalized spacial score (nSPS) is 19.7. The molecule has 1 heterocycles. The number of amides is 1. The van der Waals surface area contributed by atoms with Crippen molar-refractivity contribution in [1.82, 2.24) is 10.2 Å². The zero-order valence-electron chi connectivity index (χ0n) is 11.5. The van der Waals surface area contributed by atoms with Gasteiger partial charge < -0.3 is 10.4 Å². The van der Waals surface area contributed by atoms with Gasteiger partial charge in [0.05, 0.1) is 6.54 Å². The van der Waals surface area contributed by atoms with Crippen LogP contribution >= 0.6 is 11.8 Å². The lowest BCUT2D eigenvalue weighted by molar-refractivity contribution is -0.123. The van der Waals surface area contributed by atoms with Gasteiger partial charge in [-0.3, -0.25) is 9.69 Å². The van der Waals surface area contributed by atoms with E-state index in [0.717, 1.165) is 24.8 Å². The molecule has 106 valence electrons. The highest BCUT2D eigenvalue weighted by Gasteiger charge is 2.19. The van der Waals surface area contributed by atoms with E-state index in [9.17, 15) is 4.79 Å². The lowest BCUT2D eigenvalue weighted by Crippen LogP contribution is -2.45. The standard InChI is InChI=1S/C13H26N2O2S/c1-11-3-6-15(7-4-11)9-13(17)14-12(5-8-16)10-18-2/h11-12,16H,3-10H2,1-2H3,(H,14,17). The maximum atomic E-state index is 11.9. The zero-order chi connectivity index (χ0) is 13.4. The van der Waals surface area contributed by atoms with Crippen molar-refractivity contribution in [1.29, 1.82) is 0 Å². The fraction of sp³-hybridized carbons (Fsp3) is 0.923. The Kier molecular flexibility index (Phi) is 7.70. The van der Waals surface area contributed by atoms with Gasteiger partial charge in [0.2, 0.25) is 5.91 Å². The van der Waals surface area contributed by atoms with E-state index in [-0.39, 0.29) is 18.6 Å². The molecule has 1 saturated heterocycles. The average molecular weight is 274 g/mol. The van der Waals surface area contributed by atoms with Crippen molar-refractivity contribution in [3.8, 4) is 0 Å². The maximum absolute atomic E-state index is 11.9. The number of nitrogens with zero attached hydrogens (tertiary/aromatic N) is 1. The second kappa shape index (κ2) is 8.77. The summed E-state index contributed by atoms with van der Waals surface area (Å²) >= 11 is 1.70. The topological polar surface area (TPSA) is 52.6 Å². The number of carbonyl (C=O) groups excluding carboxylic acids is 1. The maximum Gasteiger partial charge on any atom is 0.234 e. The Bertz CT molecular complexity index is 237. The summed E-state index contributed by atoms with van der Waals surface area (Å²) in [6.07, 6.45) is 5.04. The van der Waals surface area contributed by atoms with Crippen LogP contribution < -0.4 is 5.32 Å². The molecule has 1 fully saturated rings. The minimum absolute atomic E-state index is 0.0945. The molecule has 18 heavy (non-hydrogen) atoms. The summed E-state index contributed by atoms with van der Waals surface area (Å²) in [6.45, 7) is 4.96. The third-order valence-electron chi connectivity index (χ3n) is 3.45. The van der Waals surface area contributed by atoms with E-state index >= 15 is 0 Å². The Hall–Kier alpha value is -0.260. The van der Waals surface area contributed by atoms with E-state index in [4.69, 9.17) is 5.11 Å². The predicted octanol–water partition coefficient (Wildman–Crippen LogP) is 0.948. The van der Waals surface area contributed by atoms with Gasteiger partial charge in [-0.2, -0.15) is 11.8 Å². The lowest BCUT2D eigenvalue weighted by atomic mass is 9.99. The Balaban J connectivity index is 2.26. The largest absolute Gasteiger partial charge is 0.396 e. The number of hydrogen-bond acceptors (Lipinski definition) is 4. The van der Waals surface area contributed by atoms with Crippen LogP contribution in [0.1, 0.15) is 26.2 Å². The fourth-order valence-electron chi connectivity index (χ4n) is 2.25. The highest BCUT2D eigenvalue weighted by Crippen LogP contribution is 2.15. The number of carbonyl (C=O) groups is 1. The van der Waals surface area contributed by atoms with Crippen molar-refractivity contribution >= 4 is 17.7 Å². The summed E-state index contributed by atoms with van der Waals surface area (Å²) in [5.41, 5.74) is 0. The fourth-order valence-corrected chi connectivity index (χ4v) is 2.90. The number of nitrogens with one attached hydrogen (secondary N) is 1. The van der Waals surface area contributed by atoms with E-state index in [2.05, 4.69) is 17.1 Å². The highest BCUT2D eigenvalue weighted by atomic mass is 32.2. The van der Waals surface area contributed by atoms with Crippen molar-refractivity contribution in [3.63, 3.8) is 0 Å². The first-order valence-corrected chi connectivity index (χ1v) is 8.16. The van der Waals surface area contributed by atoms with Crippen molar-refractivity contribution < 1.29 is 9.90 Å². The van der Waals surface area contributed by atoms with Crippen molar-refractivity contribution in [2.45, 2.75) is 32.2 Å². The first kappa shape index (κ1) is 15.8. The van der Waals surface area contributed by atoms with Crippen molar-refractivity contribution in [2.75, 3.05) is 38.2 Å². The molecule has 0 aromatic rings. The van der Waals surface area contributed by atoms with Crippen LogP contribution in [0.15, 0.2) is 0 Å². The molecular weight excluding hydrogens is 248 g/mol. The minimum Gasteiger partial charge on any atom is -0.396 e. The molecule has 1 aliphatic heterocycles. The van der Waals surface area contributed by atoms with Crippen molar-refractivity contribution in [3.05, 3.63) is 0 Å². The monoisotopic (exact) mass is 274 g/mol. The van der Waals surface area contributed by atoms with Gasteiger partial charge in [0, 0.05) is 18.4 Å². The molecule has 1 aliphatic rings. The molecule has 4 nitrogen and oxygen atoms in total. The third kappa shape index (κ3) is 6.07. The molecule has 0 bridgehead atoms. The smallest absolute Gasteiger partial charge is 0.234 e. The van der Waals surface area contributed by atoms with E-state index < -0.39 is 0 Å². The van der Waals surface area contributed by atoms with Gasteiger partial charge in [0.1, 0.15) is 0 Å². The Labute approximate surface area is 115 Å². The molecule has 0 saturated carbocycles. The molecule has 1 atom stereocenters. The number of aliphatic hydroxyl groups is 1. The van der Waals surface area contributed by atoms with Gasteiger partial charge in [-0.25, -0.2) is 0 Å². The summed E-state index contributed by atoms with van der Waals surface area (Å²) in [5, 5.41) is 12.0. The van der Waals surface area contributed by atoms with Gasteiger partial charge in [0.25, 0.3) is 0 Å². The van der Waals surface area contributed by atoms with Crippen molar-refractivity contribution in [2.24, 2.45) is 5.92 Å². The Morgan fingerprint density at radius 2 is 2.17 bits per heavy atom. The third-order valence-corrected chi connectivity index (χ3v) is 4.19. The average Bonchev–Trinajstić information content (AvgIpc) is 2.33. The number of rotatable bonds is 7. The molecule has 5 heteroatoms. The zero-order valence-corrected chi connectivity index (χ0v) is 12.3. The summed E-state index contributed by atoms with van der Waals surface area (Å²) in [4.78, 5) is 14.1. The quantitative estimate of drug-likeness (QED) is 0.726. The highest BCUT2D eigenvalue weighted by molar-refractivity contribution is 7.98. The van der Waals surface area contributed by atoms with E-state index in [0.29, 0.717) is 13.0 Å². The number of likely N-dealkylation sites (tertiary alicyclic amines) is 1. The van der Waals surface area contributed by atoms with Crippen LogP contribution in [0, 0.1) is 5.92 Å². The van der Waals surface area contributed by atoms with Gasteiger partial charge >= 0.3 is 0 Å². The minimum atomic E-state index is 0.0945. The van der Waals surface area contributed by atoms with Crippen LogP contribution in [0.2, 0.25) is 0 Å². The first-order chi connectivity index (χ1) is 8.65. The van der Waals surface area contributed by atoms with Gasteiger partial charge in [-0.1, -0.05) is 6.92 Å². The second-order valence-electron chi connectivity index (χ2n) is 5.19. The number of hydrogen-bond donors (Lipinski definition) is 2. The van der Waals surface area contributed by atoms with Gasteiger partial charge in [0.15, 0.2) is 0 Å². The van der Waals surface area contributed by atoms with Crippen LogP contribution in [0.25, 0.3) is 0 Å². The first-order valence-electron chi connectivity index (χ1n) is 6.77.